The van der Waals surface area contributed by atoms with Gasteiger partial charge >= 0.3 is 0 Å². The van der Waals surface area contributed by atoms with E-state index in [-0.39, 0.29) is 48.0 Å². The van der Waals surface area contributed by atoms with Crippen molar-refractivity contribution in [2.24, 2.45) is 10.8 Å². The van der Waals surface area contributed by atoms with Crippen LogP contribution in [0.25, 0.3) is 0 Å². The Bertz CT molecular complexity index is 114. The van der Waals surface area contributed by atoms with E-state index >= 15 is 0 Å². The van der Waals surface area contributed by atoms with Crippen LogP contribution in [0.15, 0.2) is 0 Å². The third-order valence-corrected chi connectivity index (χ3v) is 1.51. The zero-order valence-electron chi connectivity index (χ0n) is 9.81. The Labute approximate surface area is 107 Å². The zero-order valence-corrected chi connectivity index (χ0v) is 14.0. The summed E-state index contributed by atoms with van der Waals surface area (Å²) in [5.41, 5.74) is 0.325. The second-order valence-corrected chi connectivity index (χ2v) is 5.86. The fourth-order valence-electron chi connectivity index (χ4n) is 1.26. The van der Waals surface area contributed by atoms with Gasteiger partial charge in [0.2, 0.25) is 0 Å². The smallest absolute Gasteiger partial charge is 0 e. The molecule has 0 aromatic rings. The first-order valence-electron chi connectivity index (χ1n) is 4.64. The van der Waals surface area contributed by atoms with Gasteiger partial charge in [-0.25, -0.2) is 0 Å². The summed E-state index contributed by atoms with van der Waals surface area (Å²) in [6.45, 7) is 12.8. The average Bonchev–Trinajstić information content (AvgIpc) is 1.49. The topological polar surface area (TPSA) is 20.2 Å². The minimum Gasteiger partial charge on any atom is -0.425 e. The SMILES string of the molecule is CC(C)(C)[CH-][C@H](O)CC(C)(C)C.[U]. The number of hydrogen-bond acceptors (Lipinski definition) is 1. The van der Waals surface area contributed by atoms with E-state index in [0.717, 1.165) is 6.42 Å². The first-order valence-corrected chi connectivity index (χ1v) is 4.64. The van der Waals surface area contributed by atoms with Gasteiger partial charge in [0.1, 0.15) is 0 Å². The third kappa shape index (κ3) is 13.0. The second kappa shape index (κ2) is 5.79. The van der Waals surface area contributed by atoms with E-state index in [1.807, 2.05) is 6.42 Å². The Morgan fingerprint density at radius 1 is 1.08 bits per heavy atom. The summed E-state index contributed by atoms with van der Waals surface area (Å²) in [5.74, 6) is 0. The van der Waals surface area contributed by atoms with Crippen LogP contribution in [0, 0.1) is 48.4 Å². The molecule has 13 heavy (non-hydrogen) atoms. The van der Waals surface area contributed by atoms with Crippen molar-refractivity contribution in [1.82, 2.24) is 0 Å². The minimum absolute atomic E-state index is 0. The fraction of sp³-hybridized carbons (Fsp3) is 0.909. The van der Waals surface area contributed by atoms with Gasteiger partial charge in [-0.15, -0.1) is 0 Å². The molecule has 2 heteroatoms. The van der Waals surface area contributed by atoms with Gasteiger partial charge in [-0.05, 0) is 5.41 Å². The molecule has 1 N–H and O–H groups in total. The summed E-state index contributed by atoms with van der Waals surface area (Å²) >= 11 is 0. The predicted molar refractivity (Wildman–Crippen MR) is 53.8 cm³/mol. The van der Waals surface area contributed by atoms with Gasteiger partial charge in [0.25, 0.3) is 0 Å². The zero-order chi connectivity index (χ0) is 9.99. The maximum absolute atomic E-state index is 9.66. The van der Waals surface area contributed by atoms with E-state index < -0.39 is 0 Å². The van der Waals surface area contributed by atoms with Crippen molar-refractivity contribution < 1.29 is 36.2 Å². The van der Waals surface area contributed by atoms with Crippen LogP contribution < -0.4 is 0 Å². The van der Waals surface area contributed by atoms with Crippen LogP contribution in [-0.2, 0) is 0 Å². The van der Waals surface area contributed by atoms with Crippen molar-refractivity contribution in [2.75, 3.05) is 0 Å². The molecule has 1 atom stereocenters. The molecule has 0 bridgehead atoms. The molecule has 0 aliphatic carbocycles. The number of aliphatic hydroxyl groups is 1. The molecule has 0 heterocycles. The first-order chi connectivity index (χ1) is 5.10. The molecule has 0 unspecified atom stereocenters. The molecule has 0 aliphatic rings. The van der Waals surface area contributed by atoms with Crippen molar-refractivity contribution in [3.05, 3.63) is 6.42 Å². The van der Waals surface area contributed by atoms with Crippen LogP contribution in [0.5, 0.6) is 0 Å². The van der Waals surface area contributed by atoms with Gasteiger partial charge in [-0.1, -0.05) is 54.1 Å². The quantitative estimate of drug-likeness (QED) is 0.696. The number of rotatable bonds is 2. The largest absolute Gasteiger partial charge is 0.425 e. The average molecular weight is 409 g/mol. The molecule has 0 aliphatic heterocycles. The molecular formula is C11H23OU-. The normalized spacial score (nSPS) is 15.0. The molecule has 0 saturated heterocycles. The van der Waals surface area contributed by atoms with E-state index in [1.165, 1.54) is 0 Å². The maximum Gasteiger partial charge on any atom is 0 e. The molecule has 0 radical (unpaired) electrons. The van der Waals surface area contributed by atoms with Gasteiger partial charge in [0.15, 0.2) is 0 Å². The molecule has 0 spiro atoms. The standard InChI is InChI=1S/C11H23O.U/c1-10(2,3)7-9(12)8-11(4,5)6;/h7,9,12H,8H2,1-6H3;/q-1;/t9-;/m0./s1. The Balaban J connectivity index is 0. The van der Waals surface area contributed by atoms with E-state index in [9.17, 15) is 5.11 Å². The van der Waals surface area contributed by atoms with Crippen LogP contribution in [0.3, 0.4) is 0 Å². The van der Waals surface area contributed by atoms with Gasteiger partial charge in [-0.3, -0.25) is 6.42 Å². The van der Waals surface area contributed by atoms with E-state index in [1.54, 1.807) is 0 Å². The Kier molecular flexibility index (Phi) is 7.32. The van der Waals surface area contributed by atoms with Crippen LogP contribution >= 0.6 is 0 Å². The van der Waals surface area contributed by atoms with E-state index in [0.29, 0.717) is 0 Å². The molecule has 1 nitrogen and oxygen atoms in total. The summed E-state index contributed by atoms with van der Waals surface area (Å²) in [5, 5.41) is 9.66. The Hall–Kier alpha value is 1.01. The van der Waals surface area contributed by atoms with Crippen LogP contribution in [-0.4, -0.2) is 11.2 Å². The Morgan fingerprint density at radius 2 is 1.46 bits per heavy atom. The summed E-state index contributed by atoms with van der Waals surface area (Å²) in [6.07, 6.45) is 2.58. The molecule has 0 amide bonds. The van der Waals surface area contributed by atoms with Crippen molar-refractivity contribution in [3.63, 3.8) is 0 Å². The molecular weight excluding hydrogens is 386 g/mol. The molecule has 0 saturated carbocycles. The summed E-state index contributed by atoms with van der Waals surface area (Å²) < 4.78 is 0. The summed E-state index contributed by atoms with van der Waals surface area (Å²) in [4.78, 5) is 0. The summed E-state index contributed by atoms with van der Waals surface area (Å²) in [7, 11) is 0. The predicted octanol–water partition coefficient (Wildman–Crippen LogP) is 3.03. The van der Waals surface area contributed by atoms with Gasteiger partial charge in [0, 0.05) is 31.1 Å². The number of hydrogen-bond donors (Lipinski definition) is 1. The van der Waals surface area contributed by atoms with Gasteiger partial charge in [0.05, 0.1) is 0 Å². The molecule has 0 rings (SSSR count). The second-order valence-electron chi connectivity index (χ2n) is 5.86. The van der Waals surface area contributed by atoms with Gasteiger partial charge < -0.3 is 5.11 Å². The molecule has 0 aromatic carbocycles. The summed E-state index contributed by atoms with van der Waals surface area (Å²) in [6, 6.07) is 0. The molecule has 78 valence electrons. The van der Waals surface area contributed by atoms with Crippen molar-refractivity contribution in [3.8, 4) is 0 Å². The monoisotopic (exact) mass is 409 g/mol. The van der Waals surface area contributed by atoms with Crippen molar-refractivity contribution >= 4 is 0 Å². The maximum atomic E-state index is 9.66. The third-order valence-electron chi connectivity index (χ3n) is 1.51. The van der Waals surface area contributed by atoms with Gasteiger partial charge in [-0.2, -0.15) is 5.41 Å². The van der Waals surface area contributed by atoms with Crippen molar-refractivity contribution in [1.29, 1.82) is 0 Å². The Morgan fingerprint density at radius 3 is 1.69 bits per heavy atom. The number of aliphatic hydroxyl groups excluding tert-OH is 1. The van der Waals surface area contributed by atoms with E-state index in [2.05, 4.69) is 41.5 Å². The van der Waals surface area contributed by atoms with Crippen LogP contribution in [0.2, 0.25) is 0 Å². The first kappa shape index (κ1) is 16.4. The van der Waals surface area contributed by atoms with Crippen LogP contribution in [0.1, 0.15) is 48.0 Å². The molecule has 0 aromatic heterocycles. The minimum atomic E-state index is -0.273. The van der Waals surface area contributed by atoms with E-state index in [4.69, 9.17) is 0 Å². The van der Waals surface area contributed by atoms with Crippen molar-refractivity contribution in [2.45, 2.75) is 54.1 Å². The van der Waals surface area contributed by atoms with Crippen LogP contribution in [0.4, 0.5) is 0 Å². The fourth-order valence-corrected chi connectivity index (χ4v) is 1.26. The molecule has 0 fully saturated rings.